The predicted octanol–water partition coefficient (Wildman–Crippen LogP) is 2.63. The number of likely N-dealkylation sites (tertiary alicyclic amines) is 1. The van der Waals surface area contributed by atoms with Gasteiger partial charge in [-0.15, -0.1) is 0 Å². The number of sulfonamides is 1. The molecule has 2 atom stereocenters. The Hall–Kier alpha value is -2.26. The summed E-state index contributed by atoms with van der Waals surface area (Å²) in [6.07, 6.45) is 6.61. The van der Waals surface area contributed by atoms with E-state index in [1.54, 1.807) is 0 Å². The molecule has 2 N–H and O–H groups in total. The first-order valence-corrected chi connectivity index (χ1v) is 12.4. The number of nitrogens with zero attached hydrogens (tertiary/aromatic N) is 3. The van der Waals surface area contributed by atoms with E-state index in [9.17, 15) is 13.2 Å². The minimum absolute atomic E-state index is 0.0858. The Balaban J connectivity index is 1.62. The quantitative estimate of drug-likeness (QED) is 0.757. The SMILES string of the molecule is CC1(C(=O)N2C[C@@H](NS(C)(=O)=O)C[C@H]2c2nc(-c3ccccc3)n[nH]2)CCCCC1. The van der Waals surface area contributed by atoms with Crippen LogP contribution in [0, 0.1) is 5.41 Å². The lowest BCUT2D eigenvalue weighted by Gasteiger charge is -2.37. The molecule has 1 aromatic carbocycles. The average molecular weight is 432 g/mol. The maximum Gasteiger partial charge on any atom is 0.229 e. The zero-order valence-corrected chi connectivity index (χ0v) is 18.3. The zero-order chi connectivity index (χ0) is 21.4. The third kappa shape index (κ3) is 4.41. The summed E-state index contributed by atoms with van der Waals surface area (Å²) in [4.78, 5) is 20.0. The number of aromatic amines is 1. The molecule has 0 bridgehead atoms. The minimum Gasteiger partial charge on any atom is -0.330 e. The van der Waals surface area contributed by atoms with E-state index in [0.717, 1.165) is 43.9 Å². The highest BCUT2D eigenvalue weighted by molar-refractivity contribution is 7.88. The van der Waals surface area contributed by atoms with Crippen LogP contribution in [0.4, 0.5) is 0 Å². The molecule has 1 aromatic heterocycles. The molecule has 8 nitrogen and oxygen atoms in total. The topological polar surface area (TPSA) is 108 Å². The molecular weight excluding hydrogens is 402 g/mol. The molecule has 2 aliphatic rings. The summed E-state index contributed by atoms with van der Waals surface area (Å²) < 4.78 is 26.3. The number of carbonyl (C=O) groups excluding carboxylic acids is 1. The van der Waals surface area contributed by atoms with E-state index < -0.39 is 15.4 Å². The fraction of sp³-hybridized carbons (Fsp3) is 0.571. The highest BCUT2D eigenvalue weighted by Gasteiger charge is 2.45. The van der Waals surface area contributed by atoms with E-state index in [1.165, 1.54) is 0 Å². The van der Waals surface area contributed by atoms with Crippen molar-refractivity contribution in [1.29, 1.82) is 0 Å². The molecule has 1 saturated heterocycles. The third-order valence-corrected chi connectivity index (χ3v) is 7.03. The van der Waals surface area contributed by atoms with Gasteiger partial charge in [0.1, 0.15) is 5.82 Å². The van der Waals surface area contributed by atoms with Crippen LogP contribution in [0.5, 0.6) is 0 Å². The maximum atomic E-state index is 13.6. The highest BCUT2D eigenvalue weighted by atomic mass is 32.2. The first kappa shape index (κ1) is 21.0. The Morgan fingerprint density at radius 1 is 1.20 bits per heavy atom. The Kier molecular flexibility index (Phi) is 5.67. The second-order valence-corrected chi connectivity index (χ2v) is 10.6. The van der Waals surface area contributed by atoms with E-state index in [1.807, 2.05) is 42.2 Å². The van der Waals surface area contributed by atoms with Crippen molar-refractivity contribution in [2.45, 2.75) is 57.5 Å². The van der Waals surface area contributed by atoms with Gasteiger partial charge in [0.15, 0.2) is 5.82 Å². The van der Waals surface area contributed by atoms with Gasteiger partial charge in [-0.3, -0.25) is 9.89 Å². The third-order valence-electron chi connectivity index (χ3n) is 6.27. The number of benzene rings is 1. The summed E-state index contributed by atoms with van der Waals surface area (Å²) in [5.41, 5.74) is 0.486. The molecule has 2 heterocycles. The summed E-state index contributed by atoms with van der Waals surface area (Å²) in [7, 11) is -3.37. The summed E-state index contributed by atoms with van der Waals surface area (Å²) in [5.74, 6) is 1.25. The van der Waals surface area contributed by atoms with Crippen LogP contribution >= 0.6 is 0 Å². The molecule has 1 amide bonds. The summed E-state index contributed by atoms with van der Waals surface area (Å²) in [6, 6.07) is 8.97. The first-order valence-electron chi connectivity index (χ1n) is 10.5. The van der Waals surface area contributed by atoms with Crippen LogP contribution in [0.3, 0.4) is 0 Å². The number of H-pyrrole nitrogens is 1. The number of rotatable bonds is 5. The van der Waals surface area contributed by atoms with Gasteiger partial charge in [-0.2, -0.15) is 5.10 Å². The Morgan fingerprint density at radius 2 is 1.90 bits per heavy atom. The molecule has 0 unspecified atom stereocenters. The molecular formula is C21H29N5O3S. The molecule has 1 aliphatic heterocycles. The molecule has 162 valence electrons. The predicted molar refractivity (Wildman–Crippen MR) is 114 cm³/mol. The first-order chi connectivity index (χ1) is 14.3. The molecule has 1 aliphatic carbocycles. The maximum absolute atomic E-state index is 13.6. The number of carbonyl (C=O) groups is 1. The summed E-state index contributed by atoms with van der Waals surface area (Å²) >= 11 is 0. The average Bonchev–Trinajstić information content (AvgIpc) is 3.34. The van der Waals surface area contributed by atoms with Crippen molar-refractivity contribution in [3.05, 3.63) is 36.2 Å². The van der Waals surface area contributed by atoms with E-state index in [-0.39, 0.29) is 18.0 Å². The molecule has 0 spiro atoms. The van der Waals surface area contributed by atoms with Crippen molar-refractivity contribution in [2.24, 2.45) is 5.41 Å². The van der Waals surface area contributed by atoms with E-state index in [2.05, 4.69) is 19.9 Å². The van der Waals surface area contributed by atoms with E-state index in [4.69, 9.17) is 0 Å². The van der Waals surface area contributed by atoms with Crippen LogP contribution in [-0.2, 0) is 14.8 Å². The molecule has 9 heteroatoms. The van der Waals surface area contributed by atoms with E-state index >= 15 is 0 Å². The van der Waals surface area contributed by atoms with Gasteiger partial charge < -0.3 is 4.90 Å². The van der Waals surface area contributed by atoms with Crippen LogP contribution in [0.25, 0.3) is 11.4 Å². The second-order valence-electron chi connectivity index (χ2n) is 8.83. The number of amides is 1. The lowest BCUT2D eigenvalue weighted by molar-refractivity contribution is -0.144. The Bertz CT molecular complexity index is 999. The van der Waals surface area contributed by atoms with Gasteiger partial charge in [0.25, 0.3) is 0 Å². The van der Waals surface area contributed by atoms with Gasteiger partial charge in [-0.05, 0) is 19.3 Å². The highest BCUT2D eigenvalue weighted by Crippen LogP contribution is 2.41. The van der Waals surface area contributed by atoms with Crippen LogP contribution < -0.4 is 4.72 Å². The summed E-state index contributed by atoms with van der Waals surface area (Å²) in [5, 5.41) is 7.34. The van der Waals surface area contributed by atoms with Crippen molar-refractivity contribution in [2.75, 3.05) is 12.8 Å². The van der Waals surface area contributed by atoms with Crippen molar-refractivity contribution in [3.8, 4) is 11.4 Å². The van der Waals surface area contributed by atoms with Crippen LogP contribution in [0.15, 0.2) is 30.3 Å². The standard InChI is InChI=1S/C21H29N5O3S/c1-21(11-7-4-8-12-21)20(27)26-14-16(25-30(2,28)29)13-17(26)19-22-18(23-24-19)15-9-5-3-6-10-15/h3,5-6,9-10,16-17,25H,4,7-8,11-14H2,1-2H3,(H,22,23,24)/t16-,17-/m0/s1. The van der Waals surface area contributed by atoms with Crippen molar-refractivity contribution in [1.82, 2.24) is 24.8 Å². The minimum atomic E-state index is -3.37. The lowest BCUT2D eigenvalue weighted by Crippen LogP contribution is -2.45. The fourth-order valence-corrected chi connectivity index (χ4v) is 5.52. The fourth-order valence-electron chi connectivity index (χ4n) is 4.74. The summed E-state index contributed by atoms with van der Waals surface area (Å²) in [6.45, 7) is 2.38. The van der Waals surface area contributed by atoms with Gasteiger partial charge in [0.05, 0.1) is 12.3 Å². The van der Waals surface area contributed by atoms with Crippen molar-refractivity contribution in [3.63, 3.8) is 0 Å². The smallest absolute Gasteiger partial charge is 0.229 e. The van der Waals surface area contributed by atoms with Crippen LogP contribution in [0.2, 0.25) is 0 Å². The van der Waals surface area contributed by atoms with Crippen molar-refractivity contribution >= 4 is 15.9 Å². The molecule has 2 fully saturated rings. The normalized spacial score (nSPS) is 24.1. The van der Waals surface area contributed by atoms with Crippen molar-refractivity contribution < 1.29 is 13.2 Å². The van der Waals surface area contributed by atoms with Gasteiger partial charge in [-0.1, -0.05) is 56.5 Å². The molecule has 4 rings (SSSR count). The largest absolute Gasteiger partial charge is 0.330 e. The van der Waals surface area contributed by atoms with E-state index in [0.29, 0.717) is 24.6 Å². The number of hydrogen-bond donors (Lipinski definition) is 2. The van der Waals surface area contributed by atoms with Gasteiger partial charge in [0.2, 0.25) is 15.9 Å². The van der Waals surface area contributed by atoms with Gasteiger partial charge in [-0.25, -0.2) is 18.1 Å². The Labute approximate surface area is 177 Å². The number of hydrogen-bond acceptors (Lipinski definition) is 5. The Morgan fingerprint density at radius 3 is 2.57 bits per heavy atom. The number of nitrogens with one attached hydrogen (secondary N) is 2. The molecule has 30 heavy (non-hydrogen) atoms. The molecule has 2 aromatic rings. The van der Waals surface area contributed by atoms with Crippen LogP contribution in [-0.4, -0.2) is 53.2 Å². The second kappa shape index (κ2) is 8.11. The van der Waals surface area contributed by atoms with Gasteiger partial charge >= 0.3 is 0 Å². The molecule has 0 radical (unpaired) electrons. The lowest BCUT2D eigenvalue weighted by atomic mass is 9.74. The van der Waals surface area contributed by atoms with Crippen LogP contribution in [0.1, 0.15) is 57.3 Å². The monoisotopic (exact) mass is 431 g/mol. The number of aromatic nitrogens is 3. The zero-order valence-electron chi connectivity index (χ0n) is 17.5. The van der Waals surface area contributed by atoms with Gasteiger partial charge in [0, 0.05) is 23.6 Å². The molecule has 1 saturated carbocycles.